The number of benzene rings is 1. The number of aromatic nitrogens is 4. The molecule has 4 rings (SSSR count). The van der Waals surface area contributed by atoms with Crippen molar-refractivity contribution in [1.29, 1.82) is 0 Å². The maximum atomic E-state index is 12.2. The van der Waals surface area contributed by atoms with Crippen molar-refractivity contribution in [1.82, 2.24) is 19.5 Å². The van der Waals surface area contributed by atoms with Crippen molar-refractivity contribution in [3.8, 4) is 11.5 Å². The van der Waals surface area contributed by atoms with E-state index in [4.69, 9.17) is 9.47 Å². The zero-order valence-electron chi connectivity index (χ0n) is 22.1. The van der Waals surface area contributed by atoms with Gasteiger partial charge < -0.3 is 35.2 Å². The van der Waals surface area contributed by atoms with Crippen LogP contribution in [-0.4, -0.2) is 70.8 Å². The van der Waals surface area contributed by atoms with Crippen LogP contribution in [0.25, 0.3) is 11.2 Å². The molecule has 0 spiro atoms. The number of aromatic hydroxyl groups is 2. The van der Waals surface area contributed by atoms with Crippen LogP contribution in [0.4, 0.5) is 5.82 Å². The standard InChI is InChI=1S/C27H37N5O7/c1-2-3-4-5-6-7-8-9-21(35)38-14-20-23(36)24(37)27(39-20)32-16-31-22-25(29-15-30-26(22)32)28-13-17-10-11-18(33)19(34)12-17/h10-12,15-16,20,23-24,27,33-34,36-37H,2-9,13-14H2,1H3,(H,28,29,30)/t20-,23-,24-,27-/m1/s1. The molecule has 0 bridgehead atoms. The lowest BCUT2D eigenvalue weighted by Crippen LogP contribution is -2.34. The summed E-state index contributed by atoms with van der Waals surface area (Å²) in [5.74, 6) is -0.373. The number of rotatable bonds is 14. The van der Waals surface area contributed by atoms with E-state index in [0.717, 1.165) is 19.3 Å². The second kappa shape index (κ2) is 13.5. The molecule has 1 aliphatic rings. The summed E-state index contributed by atoms with van der Waals surface area (Å²) in [5, 5.41) is 43.6. The van der Waals surface area contributed by atoms with Gasteiger partial charge in [-0.3, -0.25) is 9.36 Å². The van der Waals surface area contributed by atoms with Crippen LogP contribution in [0.3, 0.4) is 0 Å². The Morgan fingerprint density at radius 2 is 1.79 bits per heavy atom. The van der Waals surface area contributed by atoms with Crippen LogP contribution in [0, 0.1) is 0 Å². The van der Waals surface area contributed by atoms with Crippen LogP contribution in [0.1, 0.15) is 70.1 Å². The number of anilines is 1. The predicted molar refractivity (Wildman–Crippen MR) is 142 cm³/mol. The van der Waals surface area contributed by atoms with E-state index < -0.39 is 24.5 Å². The van der Waals surface area contributed by atoms with E-state index >= 15 is 0 Å². The van der Waals surface area contributed by atoms with Gasteiger partial charge in [-0.1, -0.05) is 51.5 Å². The van der Waals surface area contributed by atoms with Crippen LogP contribution >= 0.6 is 0 Å². The number of hydrogen-bond acceptors (Lipinski definition) is 11. The average molecular weight is 544 g/mol. The second-order valence-corrected chi connectivity index (χ2v) is 9.82. The quantitative estimate of drug-likeness (QED) is 0.115. The van der Waals surface area contributed by atoms with Crippen molar-refractivity contribution >= 4 is 23.0 Å². The van der Waals surface area contributed by atoms with Crippen molar-refractivity contribution in [3.63, 3.8) is 0 Å². The Bertz CT molecular complexity index is 1240. The summed E-state index contributed by atoms with van der Waals surface area (Å²) in [6.07, 6.45) is 6.32. The number of phenols is 2. The lowest BCUT2D eigenvalue weighted by atomic mass is 10.1. The number of imidazole rings is 1. The number of carbonyl (C=O) groups excluding carboxylic acids is 1. The fourth-order valence-electron chi connectivity index (χ4n) is 4.60. The summed E-state index contributed by atoms with van der Waals surface area (Å²) in [5.41, 5.74) is 1.49. The first kappa shape index (κ1) is 28.5. The van der Waals surface area contributed by atoms with Gasteiger partial charge in [0.2, 0.25) is 0 Å². The number of fused-ring (bicyclic) bond motifs is 1. The fourth-order valence-corrected chi connectivity index (χ4v) is 4.60. The van der Waals surface area contributed by atoms with Crippen molar-refractivity contribution in [3.05, 3.63) is 36.4 Å². The molecular weight excluding hydrogens is 506 g/mol. The van der Waals surface area contributed by atoms with Crippen molar-refractivity contribution in [2.45, 2.75) is 89.4 Å². The Morgan fingerprint density at radius 3 is 2.56 bits per heavy atom. The molecule has 2 aromatic heterocycles. The average Bonchev–Trinajstić information content (AvgIpc) is 3.48. The summed E-state index contributed by atoms with van der Waals surface area (Å²) < 4.78 is 12.7. The molecule has 39 heavy (non-hydrogen) atoms. The van der Waals surface area contributed by atoms with E-state index in [2.05, 4.69) is 27.2 Å². The first-order chi connectivity index (χ1) is 18.9. The number of carbonyl (C=O) groups is 1. The molecule has 5 N–H and O–H groups in total. The molecule has 3 heterocycles. The third kappa shape index (κ3) is 7.14. The molecule has 0 amide bonds. The molecule has 3 aromatic rings. The van der Waals surface area contributed by atoms with Gasteiger partial charge in [-0.25, -0.2) is 15.0 Å². The molecule has 12 heteroatoms. The lowest BCUT2D eigenvalue weighted by molar-refractivity contribution is -0.150. The molecule has 1 fully saturated rings. The number of nitrogens with one attached hydrogen (secondary N) is 1. The normalized spacial score (nSPS) is 20.9. The molecule has 0 aliphatic carbocycles. The molecule has 1 aliphatic heterocycles. The number of esters is 1. The van der Waals surface area contributed by atoms with Crippen LogP contribution in [0.5, 0.6) is 11.5 Å². The Kier molecular flexibility index (Phi) is 9.90. The minimum atomic E-state index is -1.29. The summed E-state index contributed by atoms with van der Waals surface area (Å²) in [6.45, 7) is 2.30. The van der Waals surface area contributed by atoms with Gasteiger partial charge in [0.25, 0.3) is 0 Å². The van der Waals surface area contributed by atoms with Gasteiger partial charge in [0.05, 0.1) is 6.33 Å². The molecule has 1 saturated heterocycles. The molecule has 0 saturated carbocycles. The van der Waals surface area contributed by atoms with Gasteiger partial charge in [0.15, 0.2) is 34.7 Å². The third-order valence-electron chi connectivity index (χ3n) is 6.86. The summed E-state index contributed by atoms with van der Waals surface area (Å²) >= 11 is 0. The van der Waals surface area contributed by atoms with E-state index in [-0.39, 0.29) is 24.1 Å². The van der Waals surface area contributed by atoms with Crippen LogP contribution in [-0.2, 0) is 20.8 Å². The van der Waals surface area contributed by atoms with Crippen LogP contribution in [0.2, 0.25) is 0 Å². The second-order valence-electron chi connectivity index (χ2n) is 9.82. The molecule has 4 atom stereocenters. The van der Waals surface area contributed by atoms with E-state index in [1.165, 1.54) is 55.0 Å². The number of phenolic OH excluding ortho intramolecular Hbond substituents is 2. The predicted octanol–water partition coefficient (Wildman–Crippen LogP) is 3.15. The molecule has 0 unspecified atom stereocenters. The minimum Gasteiger partial charge on any atom is -0.504 e. The largest absolute Gasteiger partial charge is 0.504 e. The minimum absolute atomic E-state index is 0.169. The number of hydrogen-bond donors (Lipinski definition) is 5. The topological polar surface area (TPSA) is 172 Å². The highest BCUT2D eigenvalue weighted by Crippen LogP contribution is 2.33. The first-order valence-electron chi connectivity index (χ1n) is 13.5. The monoisotopic (exact) mass is 543 g/mol. The zero-order valence-corrected chi connectivity index (χ0v) is 22.1. The maximum absolute atomic E-state index is 12.2. The molecule has 212 valence electrons. The van der Waals surface area contributed by atoms with Gasteiger partial charge in [-0.15, -0.1) is 0 Å². The highest BCUT2D eigenvalue weighted by Gasteiger charge is 2.45. The number of aliphatic hydroxyl groups is 2. The first-order valence-corrected chi connectivity index (χ1v) is 13.5. The SMILES string of the molecule is CCCCCCCCCC(=O)OC[C@H]1O[C@@H](n2cnc3c(NCc4ccc(O)c(O)c4)ncnc32)[C@H](O)[C@@H]1O. The van der Waals surface area contributed by atoms with Crippen molar-refractivity contribution in [2.75, 3.05) is 11.9 Å². The smallest absolute Gasteiger partial charge is 0.305 e. The van der Waals surface area contributed by atoms with Gasteiger partial charge in [-0.2, -0.15) is 0 Å². The molecule has 12 nitrogen and oxygen atoms in total. The Balaban J connectivity index is 1.32. The van der Waals surface area contributed by atoms with Crippen LogP contribution in [0.15, 0.2) is 30.9 Å². The fraction of sp³-hybridized carbons (Fsp3) is 0.556. The molecular formula is C27H37N5O7. The number of unbranched alkanes of at least 4 members (excludes halogenated alkanes) is 6. The molecule has 1 aromatic carbocycles. The molecule has 0 radical (unpaired) electrons. The highest BCUT2D eigenvalue weighted by molar-refractivity contribution is 5.82. The van der Waals surface area contributed by atoms with Gasteiger partial charge >= 0.3 is 5.97 Å². The van der Waals surface area contributed by atoms with Crippen molar-refractivity contribution < 1.29 is 34.7 Å². The number of ether oxygens (including phenoxy) is 2. The summed E-state index contributed by atoms with van der Waals surface area (Å²) in [4.78, 5) is 25.0. The van der Waals surface area contributed by atoms with Crippen LogP contribution < -0.4 is 5.32 Å². The van der Waals surface area contributed by atoms with E-state index in [1.807, 2.05) is 0 Å². The van der Waals surface area contributed by atoms with Crippen molar-refractivity contribution in [2.24, 2.45) is 0 Å². The van der Waals surface area contributed by atoms with E-state index in [1.54, 1.807) is 6.07 Å². The maximum Gasteiger partial charge on any atom is 0.305 e. The van der Waals surface area contributed by atoms with Gasteiger partial charge in [0.1, 0.15) is 31.2 Å². The Morgan fingerprint density at radius 1 is 1.03 bits per heavy atom. The summed E-state index contributed by atoms with van der Waals surface area (Å²) in [7, 11) is 0. The zero-order chi connectivity index (χ0) is 27.8. The van der Waals surface area contributed by atoms with E-state index in [9.17, 15) is 25.2 Å². The summed E-state index contributed by atoms with van der Waals surface area (Å²) in [6, 6.07) is 4.49. The van der Waals surface area contributed by atoms with E-state index in [0.29, 0.717) is 35.5 Å². The highest BCUT2D eigenvalue weighted by atomic mass is 16.6. The Hall–Kier alpha value is -3.48. The number of nitrogens with zero attached hydrogens (tertiary/aromatic N) is 4. The van der Waals surface area contributed by atoms with Gasteiger partial charge in [-0.05, 0) is 24.1 Å². The Labute approximate surface area is 226 Å². The lowest BCUT2D eigenvalue weighted by Gasteiger charge is -2.16. The van der Waals surface area contributed by atoms with Gasteiger partial charge in [0, 0.05) is 13.0 Å². The number of aliphatic hydroxyl groups excluding tert-OH is 2. The third-order valence-corrected chi connectivity index (χ3v) is 6.86.